The van der Waals surface area contributed by atoms with Gasteiger partial charge in [0.1, 0.15) is 0 Å². The highest BCUT2D eigenvalue weighted by molar-refractivity contribution is 5.23. The molecule has 0 aliphatic carbocycles. The van der Waals surface area contributed by atoms with Crippen molar-refractivity contribution in [3.05, 3.63) is 30.1 Å². The number of rotatable bonds is 5. The molecule has 4 heteroatoms. The third-order valence-corrected chi connectivity index (χ3v) is 3.21. The summed E-state index contributed by atoms with van der Waals surface area (Å²) in [4.78, 5) is 2.38. The van der Waals surface area contributed by atoms with Crippen LogP contribution in [0.2, 0.25) is 0 Å². The molecule has 0 amide bonds. The first-order chi connectivity index (χ1) is 9.15. The first kappa shape index (κ1) is 14.3. The quantitative estimate of drug-likeness (QED) is 0.766. The van der Waals surface area contributed by atoms with Crippen LogP contribution in [0.15, 0.2) is 24.3 Å². The smallest absolute Gasteiger partial charge is 0.165 e. The monoisotopic (exact) mass is 267 g/mol. The lowest BCUT2D eigenvalue weighted by Gasteiger charge is -2.35. The van der Waals surface area contributed by atoms with E-state index in [1.54, 1.807) is 18.2 Å². The highest BCUT2D eigenvalue weighted by Crippen LogP contribution is 2.16. The van der Waals surface area contributed by atoms with E-state index >= 15 is 0 Å². The van der Waals surface area contributed by atoms with Gasteiger partial charge in [-0.15, -0.1) is 0 Å². The minimum absolute atomic E-state index is 0.288. The predicted molar refractivity (Wildman–Crippen MR) is 73.0 cm³/mol. The maximum Gasteiger partial charge on any atom is 0.165 e. The van der Waals surface area contributed by atoms with Crippen molar-refractivity contribution < 1.29 is 13.9 Å². The molecule has 1 aromatic rings. The van der Waals surface area contributed by atoms with E-state index in [0.717, 1.165) is 26.1 Å². The van der Waals surface area contributed by atoms with Crippen molar-refractivity contribution in [3.8, 4) is 5.75 Å². The van der Waals surface area contributed by atoms with Crippen LogP contribution in [0, 0.1) is 5.82 Å². The summed E-state index contributed by atoms with van der Waals surface area (Å²) in [5.74, 6) is 0.0438. The molecule has 1 saturated heterocycles. The van der Waals surface area contributed by atoms with Gasteiger partial charge in [-0.1, -0.05) is 12.1 Å². The summed E-state index contributed by atoms with van der Waals surface area (Å²) in [6, 6.07) is 6.53. The molecule has 1 aromatic carbocycles. The molecule has 1 heterocycles. The van der Waals surface area contributed by atoms with Gasteiger partial charge in [0.2, 0.25) is 0 Å². The molecule has 1 aliphatic heterocycles. The molecule has 0 N–H and O–H groups in total. The largest absolute Gasteiger partial charge is 0.490 e. The second-order valence-electron chi connectivity index (χ2n) is 5.15. The number of nitrogens with zero attached hydrogens (tertiary/aromatic N) is 1. The Morgan fingerprint density at radius 2 is 1.95 bits per heavy atom. The Morgan fingerprint density at radius 3 is 2.63 bits per heavy atom. The normalized spacial score (nSPS) is 24.4. The van der Waals surface area contributed by atoms with E-state index in [-0.39, 0.29) is 18.0 Å². The fourth-order valence-electron chi connectivity index (χ4n) is 2.50. The van der Waals surface area contributed by atoms with E-state index in [9.17, 15) is 4.39 Å². The van der Waals surface area contributed by atoms with Crippen LogP contribution in [0.1, 0.15) is 20.3 Å². The maximum absolute atomic E-state index is 13.3. The molecule has 0 radical (unpaired) electrons. The lowest BCUT2D eigenvalue weighted by atomic mass is 10.2. The maximum atomic E-state index is 13.3. The van der Waals surface area contributed by atoms with Crippen LogP contribution in [-0.2, 0) is 4.74 Å². The molecule has 3 nitrogen and oxygen atoms in total. The molecule has 19 heavy (non-hydrogen) atoms. The lowest BCUT2D eigenvalue weighted by molar-refractivity contribution is -0.0686. The molecule has 106 valence electrons. The Labute approximate surface area is 114 Å². The van der Waals surface area contributed by atoms with Crippen LogP contribution in [0.3, 0.4) is 0 Å². The zero-order valence-electron chi connectivity index (χ0n) is 11.6. The van der Waals surface area contributed by atoms with Crippen molar-refractivity contribution in [3.63, 3.8) is 0 Å². The highest BCUT2D eigenvalue weighted by Gasteiger charge is 2.21. The molecule has 2 rings (SSSR count). The molecule has 1 fully saturated rings. The standard InChI is InChI=1S/C15H22FNO2/c1-12-10-17(11-13(2)19-12)8-5-9-18-15-7-4-3-6-14(15)16/h3-4,6-7,12-13H,5,8-11H2,1-2H3/t12-,13-/m0/s1. The summed E-state index contributed by atoms with van der Waals surface area (Å²) in [7, 11) is 0. The van der Waals surface area contributed by atoms with Gasteiger partial charge in [0, 0.05) is 19.6 Å². The van der Waals surface area contributed by atoms with Crippen LogP contribution < -0.4 is 4.74 Å². The van der Waals surface area contributed by atoms with Crippen molar-refractivity contribution in [1.29, 1.82) is 0 Å². The Morgan fingerprint density at radius 1 is 1.26 bits per heavy atom. The molecule has 0 aromatic heterocycles. The molecule has 0 spiro atoms. The molecular weight excluding hydrogens is 245 g/mol. The first-order valence-corrected chi connectivity index (χ1v) is 6.90. The van der Waals surface area contributed by atoms with Gasteiger partial charge in [0.15, 0.2) is 11.6 Å². The van der Waals surface area contributed by atoms with E-state index < -0.39 is 0 Å². The molecular formula is C15H22FNO2. The van der Waals surface area contributed by atoms with Crippen molar-refractivity contribution in [2.24, 2.45) is 0 Å². The van der Waals surface area contributed by atoms with Crippen LogP contribution in [0.25, 0.3) is 0 Å². The minimum atomic E-state index is -0.295. The van der Waals surface area contributed by atoms with E-state index in [0.29, 0.717) is 12.4 Å². The topological polar surface area (TPSA) is 21.7 Å². The van der Waals surface area contributed by atoms with Crippen LogP contribution in [0.5, 0.6) is 5.75 Å². The Hall–Kier alpha value is -1.13. The van der Waals surface area contributed by atoms with E-state index in [4.69, 9.17) is 9.47 Å². The van der Waals surface area contributed by atoms with Crippen LogP contribution >= 0.6 is 0 Å². The Kier molecular flexibility index (Phi) is 5.16. The van der Waals surface area contributed by atoms with Gasteiger partial charge in [-0.2, -0.15) is 0 Å². The van der Waals surface area contributed by atoms with Crippen molar-refractivity contribution in [2.75, 3.05) is 26.2 Å². The van der Waals surface area contributed by atoms with Gasteiger partial charge in [0.25, 0.3) is 0 Å². The Balaban J connectivity index is 1.68. The van der Waals surface area contributed by atoms with Crippen molar-refractivity contribution in [2.45, 2.75) is 32.5 Å². The summed E-state index contributed by atoms with van der Waals surface area (Å²) >= 11 is 0. The third-order valence-electron chi connectivity index (χ3n) is 3.21. The number of ether oxygens (including phenoxy) is 2. The highest BCUT2D eigenvalue weighted by atomic mass is 19.1. The second kappa shape index (κ2) is 6.87. The summed E-state index contributed by atoms with van der Waals surface area (Å²) in [5, 5.41) is 0. The van der Waals surface area contributed by atoms with Gasteiger partial charge < -0.3 is 9.47 Å². The fourth-order valence-corrected chi connectivity index (χ4v) is 2.50. The van der Waals surface area contributed by atoms with Crippen molar-refractivity contribution in [1.82, 2.24) is 4.90 Å². The number of halogens is 1. The molecule has 0 saturated carbocycles. The number of morpholine rings is 1. The summed E-state index contributed by atoms with van der Waals surface area (Å²) in [6.45, 7) is 7.62. The van der Waals surface area contributed by atoms with Gasteiger partial charge in [-0.3, -0.25) is 4.90 Å². The second-order valence-corrected chi connectivity index (χ2v) is 5.15. The Bertz CT molecular complexity index is 389. The minimum Gasteiger partial charge on any atom is -0.490 e. The molecule has 0 unspecified atom stereocenters. The molecule has 0 bridgehead atoms. The zero-order chi connectivity index (χ0) is 13.7. The van der Waals surface area contributed by atoms with E-state index in [1.807, 2.05) is 0 Å². The van der Waals surface area contributed by atoms with E-state index in [1.165, 1.54) is 6.07 Å². The van der Waals surface area contributed by atoms with Gasteiger partial charge >= 0.3 is 0 Å². The zero-order valence-corrected chi connectivity index (χ0v) is 11.6. The molecule has 2 atom stereocenters. The SMILES string of the molecule is C[C@H]1CN(CCCOc2ccccc2F)C[C@H](C)O1. The summed E-state index contributed by atoms with van der Waals surface area (Å²) in [5.41, 5.74) is 0. The fraction of sp³-hybridized carbons (Fsp3) is 0.600. The first-order valence-electron chi connectivity index (χ1n) is 6.90. The van der Waals surface area contributed by atoms with Crippen LogP contribution in [0.4, 0.5) is 4.39 Å². The summed E-state index contributed by atoms with van der Waals surface area (Å²) in [6.07, 6.45) is 1.47. The lowest BCUT2D eigenvalue weighted by Crippen LogP contribution is -2.45. The average molecular weight is 267 g/mol. The van der Waals surface area contributed by atoms with E-state index in [2.05, 4.69) is 18.7 Å². The number of hydrogen-bond acceptors (Lipinski definition) is 3. The number of para-hydroxylation sites is 1. The van der Waals surface area contributed by atoms with Gasteiger partial charge in [0.05, 0.1) is 18.8 Å². The van der Waals surface area contributed by atoms with Gasteiger partial charge in [-0.25, -0.2) is 4.39 Å². The van der Waals surface area contributed by atoms with Crippen LogP contribution in [-0.4, -0.2) is 43.3 Å². The molecule has 1 aliphatic rings. The average Bonchev–Trinajstić information content (AvgIpc) is 2.35. The van der Waals surface area contributed by atoms with Crippen molar-refractivity contribution >= 4 is 0 Å². The number of hydrogen-bond donors (Lipinski definition) is 0. The summed E-state index contributed by atoms with van der Waals surface area (Å²) < 4.78 is 24.5. The number of benzene rings is 1. The predicted octanol–water partition coefficient (Wildman–Crippen LogP) is 2.70. The third kappa shape index (κ3) is 4.48. The van der Waals surface area contributed by atoms with Gasteiger partial charge in [-0.05, 0) is 32.4 Å².